The van der Waals surface area contributed by atoms with Gasteiger partial charge >= 0.3 is 0 Å². The molecule has 0 bridgehead atoms. The molecule has 0 aromatic carbocycles. The number of aliphatic hydroxyl groups is 1. The molecule has 0 aliphatic rings. The van der Waals surface area contributed by atoms with E-state index in [1.807, 2.05) is 6.92 Å². The third-order valence-electron chi connectivity index (χ3n) is 4.07. The molecule has 128 valence electrons. The van der Waals surface area contributed by atoms with Gasteiger partial charge in [-0.25, -0.2) is 0 Å². The van der Waals surface area contributed by atoms with E-state index in [2.05, 4.69) is 57.2 Å². The Labute approximate surface area is 138 Å². The summed E-state index contributed by atoms with van der Waals surface area (Å²) >= 11 is 0. The summed E-state index contributed by atoms with van der Waals surface area (Å²) in [7, 11) is 0. The number of rotatable bonds is 13. The molecule has 0 rings (SSSR count). The Hall–Kier alpha value is -0.860. The van der Waals surface area contributed by atoms with Crippen LogP contribution in [0.5, 0.6) is 0 Å². The number of allylic oxidation sites excluding steroid dienone is 3. The number of aliphatic hydroxyl groups excluding tert-OH is 1. The molecule has 0 radical (unpaired) electrons. The predicted molar refractivity (Wildman–Crippen MR) is 98.7 cm³/mol. The van der Waals surface area contributed by atoms with Crippen molar-refractivity contribution in [2.75, 3.05) is 19.6 Å². The lowest BCUT2D eigenvalue weighted by Crippen LogP contribution is -2.54. The monoisotopic (exact) mass is 308 g/mol. The van der Waals surface area contributed by atoms with Crippen LogP contribution in [0.25, 0.3) is 0 Å². The molecule has 0 aromatic rings. The minimum absolute atomic E-state index is 0.358. The van der Waals surface area contributed by atoms with E-state index in [0.717, 1.165) is 38.9 Å². The van der Waals surface area contributed by atoms with Crippen LogP contribution in [0.3, 0.4) is 0 Å². The molecule has 1 atom stereocenters. The van der Waals surface area contributed by atoms with E-state index < -0.39 is 0 Å². The minimum atomic E-state index is -0.358. The van der Waals surface area contributed by atoms with Crippen LogP contribution in [0.4, 0.5) is 0 Å². The zero-order chi connectivity index (χ0) is 16.7. The zero-order valence-electron chi connectivity index (χ0n) is 15.3. The molecule has 0 saturated heterocycles. The average molecular weight is 309 g/mol. The molecular weight excluding hydrogens is 270 g/mol. The van der Waals surface area contributed by atoms with Crippen LogP contribution in [0.1, 0.15) is 66.2 Å². The summed E-state index contributed by atoms with van der Waals surface area (Å²) in [5, 5.41) is 10.4. The Balaban J connectivity index is 4.91. The quantitative estimate of drug-likeness (QED) is 0.281. The van der Waals surface area contributed by atoms with Crippen molar-refractivity contribution in [2.24, 2.45) is 0 Å². The molecule has 2 heteroatoms. The Morgan fingerprint density at radius 1 is 0.682 bits per heavy atom. The standard InChI is InChI=1S/C20H38NO/c1-5-8-11-14-17-21(20(4)22,18-15-12-9-6-2)19-16-13-10-7-3/h11-16,20,22H,5-10,17-19H2,1-4H3/q+1. The highest BCUT2D eigenvalue weighted by Crippen LogP contribution is 2.14. The molecule has 0 spiro atoms. The van der Waals surface area contributed by atoms with E-state index >= 15 is 0 Å². The molecule has 0 fully saturated rings. The number of hydrogen-bond donors (Lipinski definition) is 1. The molecule has 0 saturated carbocycles. The van der Waals surface area contributed by atoms with Crippen LogP contribution in [0, 0.1) is 0 Å². The van der Waals surface area contributed by atoms with Crippen LogP contribution in [0.2, 0.25) is 0 Å². The summed E-state index contributed by atoms with van der Waals surface area (Å²) in [4.78, 5) is 0. The Kier molecular flexibility index (Phi) is 13.2. The van der Waals surface area contributed by atoms with E-state index in [0.29, 0.717) is 4.48 Å². The van der Waals surface area contributed by atoms with Gasteiger partial charge < -0.3 is 5.11 Å². The van der Waals surface area contributed by atoms with Gasteiger partial charge in [-0.05, 0) is 37.5 Å². The lowest BCUT2D eigenvalue weighted by molar-refractivity contribution is -0.954. The fraction of sp³-hybridized carbons (Fsp3) is 0.700. The van der Waals surface area contributed by atoms with Crippen molar-refractivity contribution >= 4 is 0 Å². The van der Waals surface area contributed by atoms with Gasteiger partial charge in [0, 0.05) is 6.92 Å². The molecular formula is C20H38NO+. The second-order valence-corrected chi connectivity index (χ2v) is 6.18. The van der Waals surface area contributed by atoms with Gasteiger partial charge in [0.05, 0.1) is 19.6 Å². The van der Waals surface area contributed by atoms with Crippen LogP contribution in [-0.2, 0) is 0 Å². The molecule has 0 amide bonds. The topological polar surface area (TPSA) is 20.2 Å². The van der Waals surface area contributed by atoms with Crippen LogP contribution in [0.15, 0.2) is 36.5 Å². The first-order valence-electron chi connectivity index (χ1n) is 9.11. The van der Waals surface area contributed by atoms with Gasteiger partial charge in [-0.15, -0.1) is 0 Å². The van der Waals surface area contributed by atoms with Crippen molar-refractivity contribution in [2.45, 2.75) is 72.4 Å². The summed E-state index contributed by atoms with van der Waals surface area (Å²) < 4.78 is 0.695. The smallest absolute Gasteiger partial charge is 0.188 e. The average Bonchev–Trinajstić information content (AvgIpc) is 2.51. The van der Waals surface area contributed by atoms with Crippen LogP contribution < -0.4 is 0 Å². The fourth-order valence-corrected chi connectivity index (χ4v) is 2.39. The van der Waals surface area contributed by atoms with Crippen molar-refractivity contribution in [3.63, 3.8) is 0 Å². The highest BCUT2D eigenvalue weighted by molar-refractivity contribution is 4.88. The first kappa shape index (κ1) is 21.1. The molecule has 1 unspecified atom stereocenters. The maximum atomic E-state index is 10.4. The van der Waals surface area contributed by atoms with Crippen molar-refractivity contribution in [1.82, 2.24) is 0 Å². The summed E-state index contributed by atoms with van der Waals surface area (Å²) in [5.74, 6) is 0. The predicted octanol–water partition coefficient (Wildman–Crippen LogP) is 5.21. The molecule has 0 heterocycles. The highest BCUT2D eigenvalue weighted by Gasteiger charge is 2.29. The van der Waals surface area contributed by atoms with Crippen molar-refractivity contribution in [3.8, 4) is 0 Å². The third-order valence-corrected chi connectivity index (χ3v) is 4.07. The van der Waals surface area contributed by atoms with E-state index in [9.17, 15) is 5.11 Å². The summed E-state index contributed by atoms with van der Waals surface area (Å²) in [6.07, 6.45) is 20.0. The van der Waals surface area contributed by atoms with Crippen LogP contribution >= 0.6 is 0 Å². The minimum Gasteiger partial charge on any atom is -0.345 e. The first-order valence-corrected chi connectivity index (χ1v) is 9.11. The highest BCUT2D eigenvalue weighted by atomic mass is 16.3. The number of unbranched alkanes of at least 4 members (excludes halogenated alkanes) is 3. The summed E-state index contributed by atoms with van der Waals surface area (Å²) in [6.45, 7) is 11.2. The van der Waals surface area contributed by atoms with Gasteiger partial charge in [0.2, 0.25) is 0 Å². The molecule has 0 aliphatic carbocycles. The Morgan fingerprint density at radius 3 is 1.23 bits per heavy atom. The SMILES string of the molecule is CCCC=CC[N+](CC=CCCC)(CC=CCCC)C(C)O. The summed E-state index contributed by atoms with van der Waals surface area (Å²) in [5.41, 5.74) is 0. The van der Waals surface area contributed by atoms with E-state index in [4.69, 9.17) is 0 Å². The van der Waals surface area contributed by atoms with Crippen LogP contribution in [-0.4, -0.2) is 35.5 Å². The Bertz CT molecular complexity index is 283. The summed E-state index contributed by atoms with van der Waals surface area (Å²) in [6, 6.07) is 0. The van der Waals surface area contributed by atoms with Crippen molar-refractivity contribution < 1.29 is 9.59 Å². The lowest BCUT2D eigenvalue weighted by Gasteiger charge is -2.39. The maximum Gasteiger partial charge on any atom is 0.188 e. The third kappa shape index (κ3) is 9.22. The van der Waals surface area contributed by atoms with Gasteiger partial charge in [0.25, 0.3) is 0 Å². The molecule has 1 N–H and O–H groups in total. The number of nitrogens with zero attached hydrogens (tertiary/aromatic N) is 1. The van der Waals surface area contributed by atoms with E-state index in [1.54, 1.807) is 0 Å². The van der Waals surface area contributed by atoms with Crippen molar-refractivity contribution in [1.29, 1.82) is 0 Å². The van der Waals surface area contributed by atoms with Gasteiger partial charge in [-0.3, -0.25) is 4.48 Å². The number of quaternary nitrogens is 1. The molecule has 2 nitrogen and oxygen atoms in total. The fourth-order valence-electron chi connectivity index (χ4n) is 2.39. The maximum absolute atomic E-state index is 10.4. The molecule has 0 aromatic heterocycles. The normalized spacial score (nSPS) is 16.8. The zero-order valence-corrected chi connectivity index (χ0v) is 15.3. The van der Waals surface area contributed by atoms with E-state index in [1.165, 1.54) is 19.3 Å². The number of hydrogen-bond acceptors (Lipinski definition) is 1. The molecule has 22 heavy (non-hydrogen) atoms. The van der Waals surface area contributed by atoms with Gasteiger partial charge in [0.15, 0.2) is 6.23 Å². The van der Waals surface area contributed by atoms with Gasteiger partial charge in [0.1, 0.15) is 0 Å². The second-order valence-electron chi connectivity index (χ2n) is 6.18. The first-order chi connectivity index (χ1) is 10.6. The lowest BCUT2D eigenvalue weighted by atomic mass is 10.2. The van der Waals surface area contributed by atoms with Gasteiger partial charge in [-0.2, -0.15) is 0 Å². The second kappa shape index (κ2) is 13.8. The van der Waals surface area contributed by atoms with Crippen molar-refractivity contribution in [3.05, 3.63) is 36.5 Å². The molecule has 0 aliphatic heterocycles. The van der Waals surface area contributed by atoms with Gasteiger partial charge in [-0.1, -0.05) is 58.3 Å². The van der Waals surface area contributed by atoms with E-state index in [-0.39, 0.29) is 6.23 Å². The largest absolute Gasteiger partial charge is 0.345 e. The Morgan fingerprint density at radius 2 is 1.00 bits per heavy atom.